The third-order valence-corrected chi connectivity index (χ3v) is 3.51. The minimum Gasteiger partial charge on any atom is -0.497 e. The number of methoxy groups -OCH3 is 1. The summed E-state index contributed by atoms with van der Waals surface area (Å²) in [7, 11) is 1.59. The lowest BCUT2D eigenvalue weighted by molar-refractivity contribution is -0.137. The highest BCUT2D eigenvalue weighted by Gasteiger charge is 2.21. The first-order valence-electron chi connectivity index (χ1n) is 7.25. The number of nitrogens with one attached hydrogen (secondary N) is 1. The Morgan fingerprint density at radius 2 is 2.00 bits per heavy atom. The van der Waals surface area contributed by atoms with E-state index in [1.54, 1.807) is 19.2 Å². The van der Waals surface area contributed by atoms with E-state index in [2.05, 4.69) is 10.2 Å². The lowest BCUT2D eigenvalue weighted by Gasteiger charge is -2.19. The molecule has 0 radical (unpaired) electrons. The van der Waals surface area contributed by atoms with Crippen LogP contribution in [0.1, 0.15) is 23.7 Å². The zero-order chi connectivity index (χ0) is 16.8. The molecular weight excluding hydrogens is 298 g/mol. The van der Waals surface area contributed by atoms with Gasteiger partial charge in [-0.3, -0.25) is 14.7 Å². The number of benzene rings is 1. The van der Waals surface area contributed by atoms with Gasteiger partial charge in [0.1, 0.15) is 5.75 Å². The highest BCUT2D eigenvalue weighted by molar-refractivity contribution is 5.99. The maximum absolute atomic E-state index is 12.6. The van der Waals surface area contributed by atoms with Crippen LogP contribution in [0.25, 0.3) is 11.3 Å². The Morgan fingerprint density at radius 3 is 2.57 bits per heavy atom. The molecule has 0 aliphatic heterocycles. The van der Waals surface area contributed by atoms with Gasteiger partial charge >= 0.3 is 5.97 Å². The number of rotatable bonds is 7. The fourth-order valence-electron chi connectivity index (χ4n) is 2.23. The summed E-state index contributed by atoms with van der Waals surface area (Å²) in [5.41, 5.74) is 1.83. The molecular formula is C16H19N3O4. The molecule has 7 heteroatoms. The Hall–Kier alpha value is -2.83. The highest BCUT2D eigenvalue weighted by atomic mass is 16.5. The SMILES string of the molecule is CCN(CCC(=O)O)C(=O)c1cn[nH]c1-c1ccc(OC)cc1. The van der Waals surface area contributed by atoms with Crippen LogP contribution in [0.5, 0.6) is 5.75 Å². The number of hydrogen-bond acceptors (Lipinski definition) is 4. The fourth-order valence-corrected chi connectivity index (χ4v) is 2.23. The normalized spacial score (nSPS) is 10.3. The van der Waals surface area contributed by atoms with Crippen molar-refractivity contribution in [1.82, 2.24) is 15.1 Å². The number of aliphatic carboxylic acids is 1. The van der Waals surface area contributed by atoms with Crippen molar-refractivity contribution in [2.75, 3.05) is 20.2 Å². The van der Waals surface area contributed by atoms with Crippen molar-refractivity contribution >= 4 is 11.9 Å². The molecule has 1 heterocycles. The van der Waals surface area contributed by atoms with Crippen molar-refractivity contribution in [3.63, 3.8) is 0 Å². The van der Waals surface area contributed by atoms with Gasteiger partial charge < -0.3 is 14.7 Å². The van der Waals surface area contributed by atoms with Crippen molar-refractivity contribution < 1.29 is 19.4 Å². The maximum atomic E-state index is 12.6. The Labute approximate surface area is 133 Å². The number of ether oxygens (including phenoxy) is 1. The predicted molar refractivity (Wildman–Crippen MR) is 84.4 cm³/mol. The molecule has 0 atom stereocenters. The van der Waals surface area contributed by atoms with Crippen LogP contribution in [0.2, 0.25) is 0 Å². The summed E-state index contributed by atoms with van der Waals surface area (Å²) in [6.07, 6.45) is 1.38. The van der Waals surface area contributed by atoms with Crippen LogP contribution in [0, 0.1) is 0 Å². The molecule has 122 valence electrons. The average Bonchev–Trinajstić information content (AvgIpc) is 3.04. The Morgan fingerprint density at radius 1 is 1.30 bits per heavy atom. The molecule has 23 heavy (non-hydrogen) atoms. The van der Waals surface area contributed by atoms with Gasteiger partial charge in [0.2, 0.25) is 0 Å². The molecule has 0 saturated carbocycles. The second-order valence-electron chi connectivity index (χ2n) is 4.92. The lowest BCUT2D eigenvalue weighted by Crippen LogP contribution is -2.32. The average molecular weight is 317 g/mol. The van der Waals surface area contributed by atoms with Crippen molar-refractivity contribution in [2.45, 2.75) is 13.3 Å². The van der Waals surface area contributed by atoms with Crippen LogP contribution >= 0.6 is 0 Å². The summed E-state index contributed by atoms with van der Waals surface area (Å²) < 4.78 is 5.12. The van der Waals surface area contributed by atoms with E-state index in [1.807, 2.05) is 19.1 Å². The van der Waals surface area contributed by atoms with Crippen molar-refractivity contribution in [1.29, 1.82) is 0 Å². The molecule has 0 bridgehead atoms. The molecule has 0 saturated heterocycles. The van der Waals surface area contributed by atoms with Crippen LogP contribution in [0.4, 0.5) is 0 Å². The number of amides is 1. The van der Waals surface area contributed by atoms with Gasteiger partial charge in [-0.15, -0.1) is 0 Å². The number of carbonyl (C=O) groups is 2. The maximum Gasteiger partial charge on any atom is 0.305 e. The molecule has 1 aromatic carbocycles. The zero-order valence-corrected chi connectivity index (χ0v) is 13.1. The number of aromatic amines is 1. The summed E-state index contributed by atoms with van der Waals surface area (Å²) >= 11 is 0. The van der Waals surface area contributed by atoms with E-state index < -0.39 is 5.97 Å². The third kappa shape index (κ3) is 3.88. The van der Waals surface area contributed by atoms with E-state index in [0.29, 0.717) is 17.8 Å². The monoisotopic (exact) mass is 317 g/mol. The highest BCUT2D eigenvalue weighted by Crippen LogP contribution is 2.24. The Bertz CT molecular complexity index is 679. The van der Waals surface area contributed by atoms with Gasteiger partial charge in [-0.2, -0.15) is 5.10 Å². The Balaban J connectivity index is 2.24. The van der Waals surface area contributed by atoms with E-state index in [0.717, 1.165) is 11.3 Å². The van der Waals surface area contributed by atoms with Gasteiger partial charge in [0, 0.05) is 18.7 Å². The second-order valence-corrected chi connectivity index (χ2v) is 4.92. The summed E-state index contributed by atoms with van der Waals surface area (Å²) in [4.78, 5) is 24.8. The van der Waals surface area contributed by atoms with Gasteiger partial charge in [0.05, 0.1) is 31.0 Å². The quantitative estimate of drug-likeness (QED) is 0.814. The molecule has 0 spiro atoms. The van der Waals surface area contributed by atoms with Crippen LogP contribution in [0.15, 0.2) is 30.5 Å². The molecule has 0 fully saturated rings. The van der Waals surface area contributed by atoms with Crippen LogP contribution in [0.3, 0.4) is 0 Å². The van der Waals surface area contributed by atoms with E-state index in [-0.39, 0.29) is 18.9 Å². The molecule has 2 rings (SSSR count). The predicted octanol–water partition coefficient (Wildman–Crippen LogP) is 2.02. The largest absolute Gasteiger partial charge is 0.497 e. The van der Waals surface area contributed by atoms with Gasteiger partial charge in [-0.1, -0.05) is 0 Å². The number of H-pyrrole nitrogens is 1. The number of carbonyl (C=O) groups excluding carboxylic acids is 1. The first-order valence-corrected chi connectivity index (χ1v) is 7.25. The molecule has 0 unspecified atom stereocenters. The van der Waals surface area contributed by atoms with E-state index in [4.69, 9.17) is 9.84 Å². The fraction of sp³-hybridized carbons (Fsp3) is 0.312. The molecule has 0 aliphatic carbocycles. The van der Waals surface area contributed by atoms with Crippen LogP contribution < -0.4 is 4.74 Å². The molecule has 7 nitrogen and oxygen atoms in total. The van der Waals surface area contributed by atoms with Crippen molar-refractivity contribution in [3.8, 4) is 17.0 Å². The minimum atomic E-state index is -0.932. The zero-order valence-electron chi connectivity index (χ0n) is 13.1. The van der Waals surface area contributed by atoms with Crippen LogP contribution in [-0.2, 0) is 4.79 Å². The molecule has 1 amide bonds. The first kappa shape index (κ1) is 16.5. The summed E-state index contributed by atoms with van der Waals surface area (Å²) in [6.45, 7) is 2.41. The van der Waals surface area contributed by atoms with Gasteiger partial charge in [-0.05, 0) is 31.2 Å². The number of carboxylic acids is 1. The minimum absolute atomic E-state index is 0.0880. The molecule has 2 aromatic rings. The Kier molecular flexibility index (Phi) is 5.35. The first-order chi connectivity index (χ1) is 11.1. The van der Waals surface area contributed by atoms with Gasteiger partial charge in [0.15, 0.2) is 0 Å². The number of nitrogens with zero attached hydrogens (tertiary/aromatic N) is 2. The van der Waals surface area contributed by atoms with E-state index in [9.17, 15) is 9.59 Å². The smallest absolute Gasteiger partial charge is 0.305 e. The molecule has 1 aromatic heterocycles. The van der Waals surface area contributed by atoms with Crippen molar-refractivity contribution in [2.24, 2.45) is 0 Å². The van der Waals surface area contributed by atoms with E-state index >= 15 is 0 Å². The van der Waals surface area contributed by atoms with Crippen molar-refractivity contribution in [3.05, 3.63) is 36.0 Å². The topological polar surface area (TPSA) is 95.5 Å². The summed E-state index contributed by atoms with van der Waals surface area (Å²) in [6, 6.07) is 7.26. The number of aromatic nitrogens is 2. The van der Waals surface area contributed by atoms with Gasteiger partial charge in [-0.25, -0.2) is 0 Å². The lowest BCUT2D eigenvalue weighted by atomic mass is 10.1. The number of carboxylic acid groups (broad SMARTS) is 1. The van der Waals surface area contributed by atoms with Gasteiger partial charge in [0.25, 0.3) is 5.91 Å². The standard InChI is InChI=1S/C16H19N3O4/c1-3-19(9-8-14(20)21)16(22)13-10-17-18-15(13)11-4-6-12(23-2)7-5-11/h4-7,10H,3,8-9H2,1-2H3,(H,17,18)(H,20,21). The summed E-state index contributed by atoms with van der Waals surface area (Å²) in [5, 5.41) is 15.6. The number of hydrogen-bond donors (Lipinski definition) is 2. The third-order valence-electron chi connectivity index (χ3n) is 3.51. The van der Waals surface area contributed by atoms with Crippen LogP contribution in [-0.4, -0.2) is 52.3 Å². The summed E-state index contributed by atoms with van der Waals surface area (Å²) in [5.74, 6) is -0.454. The molecule has 2 N–H and O–H groups in total. The second kappa shape index (κ2) is 7.44. The molecule has 0 aliphatic rings. The van der Waals surface area contributed by atoms with E-state index in [1.165, 1.54) is 11.1 Å².